The number of terminal acetylenes is 1. The first kappa shape index (κ1) is 7.76. The lowest BCUT2D eigenvalue weighted by molar-refractivity contribution is 0.557. The Balaban J connectivity index is 2.10. The lowest BCUT2D eigenvalue weighted by Crippen LogP contribution is -2.20. The summed E-state index contributed by atoms with van der Waals surface area (Å²) < 4.78 is 1.75. The van der Waals surface area contributed by atoms with Gasteiger partial charge in [0.2, 0.25) is 0 Å². The maximum Gasteiger partial charge on any atom is 0.0692 e. The lowest BCUT2D eigenvalue weighted by atomic mass is 10.6. The molecule has 0 atom stereocenters. The summed E-state index contributed by atoms with van der Waals surface area (Å²) in [5, 5.41) is 10.5. The van der Waals surface area contributed by atoms with E-state index in [-0.39, 0.29) is 0 Å². The molecule has 0 radical (unpaired) electrons. The van der Waals surface area contributed by atoms with Crippen molar-refractivity contribution < 1.29 is 0 Å². The maximum absolute atomic E-state index is 5.04. The van der Waals surface area contributed by atoms with Gasteiger partial charge in [-0.3, -0.25) is 4.68 Å². The smallest absolute Gasteiger partial charge is 0.0692 e. The van der Waals surface area contributed by atoms with Gasteiger partial charge in [-0.2, -0.15) is 0 Å². The molecule has 0 unspecified atom stereocenters. The molecule has 0 bridgehead atoms. The summed E-state index contributed by atoms with van der Waals surface area (Å²) in [5.41, 5.74) is 0. The van der Waals surface area contributed by atoms with Crippen LogP contribution in [0.3, 0.4) is 0 Å². The standard InChI is InChI=1S/C7H10N4/c1-2-3-8-4-6-11-7-5-9-10-11/h1,5,7-8H,3-4,6H2. The minimum Gasteiger partial charge on any atom is -0.304 e. The normalized spacial score (nSPS) is 9.36. The zero-order valence-corrected chi connectivity index (χ0v) is 6.20. The van der Waals surface area contributed by atoms with Crippen LogP contribution in [0.15, 0.2) is 12.4 Å². The van der Waals surface area contributed by atoms with Crippen molar-refractivity contribution in [3.8, 4) is 12.3 Å². The molecule has 0 aliphatic heterocycles. The SMILES string of the molecule is C#CCNCCn1ccnn1. The fourth-order valence-corrected chi connectivity index (χ4v) is 0.706. The van der Waals surface area contributed by atoms with Crippen LogP contribution >= 0.6 is 0 Å². The second-order valence-corrected chi connectivity index (χ2v) is 2.05. The van der Waals surface area contributed by atoms with Gasteiger partial charge in [0, 0.05) is 12.7 Å². The van der Waals surface area contributed by atoms with E-state index in [4.69, 9.17) is 6.42 Å². The number of nitrogens with one attached hydrogen (secondary N) is 1. The maximum atomic E-state index is 5.04. The van der Waals surface area contributed by atoms with E-state index in [9.17, 15) is 0 Å². The number of hydrogen-bond acceptors (Lipinski definition) is 3. The van der Waals surface area contributed by atoms with E-state index in [2.05, 4.69) is 21.5 Å². The van der Waals surface area contributed by atoms with Gasteiger partial charge in [0.25, 0.3) is 0 Å². The summed E-state index contributed by atoms with van der Waals surface area (Å²) in [6, 6.07) is 0. The largest absolute Gasteiger partial charge is 0.304 e. The predicted molar refractivity (Wildman–Crippen MR) is 41.7 cm³/mol. The molecule has 1 rings (SSSR count). The molecule has 0 saturated carbocycles. The van der Waals surface area contributed by atoms with Crippen LogP contribution in [0, 0.1) is 12.3 Å². The Kier molecular flexibility index (Phi) is 3.16. The van der Waals surface area contributed by atoms with Crippen molar-refractivity contribution in [2.45, 2.75) is 6.54 Å². The Morgan fingerprint density at radius 1 is 1.64 bits per heavy atom. The van der Waals surface area contributed by atoms with Crippen LogP contribution in [0.5, 0.6) is 0 Å². The molecular formula is C7H10N4. The fraction of sp³-hybridized carbons (Fsp3) is 0.429. The summed E-state index contributed by atoms with van der Waals surface area (Å²) in [6.07, 6.45) is 8.51. The molecule has 0 saturated heterocycles. The molecule has 0 spiro atoms. The number of hydrogen-bond donors (Lipinski definition) is 1. The van der Waals surface area contributed by atoms with E-state index in [0.717, 1.165) is 13.1 Å². The van der Waals surface area contributed by atoms with E-state index in [1.165, 1.54) is 0 Å². The minimum absolute atomic E-state index is 0.606. The number of aromatic nitrogens is 3. The first-order valence-corrected chi connectivity index (χ1v) is 3.42. The quantitative estimate of drug-likeness (QED) is 0.465. The van der Waals surface area contributed by atoms with Crippen molar-refractivity contribution >= 4 is 0 Å². The van der Waals surface area contributed by atoms with Gasteiger partial charge in [-0.1, -0.05) is 11.1 Å². The van der Waals surface area contributed by atoms with Gasteiger partial charge >= 0.3 is 0 Å². The van der Waals surface area contributed by atoms with E-state index >= 15 is 0 Å². The van der Waals surface area contributed by atoms with Crippen molar-refractivity contribution in [3.05, 3.63) is 12.4 Å². The molecule has 0 fully saturated rings. The van der Waals surface area contributed by atoms with Crippen LogP contribution < -0.4 is 5.32 Å². The highest BCUT2D eigenvalue weighted by Gasteiger charge is 1.88. The van der Waals surface area contributed by atoms with Gasteiger partial charge in [0.05, 0.1) is 19.3 Å². The van der Waals surface area contributed by atoms with Crippen molar-refractivity contribution in [3.63, 3.8) is 0 Å². The predicted octanol–water partition coefficient (Wildman–Crippen LogP) is -0.499. The summed E-state index contributed by atoms with van der Waals surface area (Å²) in [5.74, 6) is 2.49. The van der Waals surface area contributed by atoms with Crippen molar-refractivity contribution in [1.82, 2.24) is 20.3 Å². The molecule has 0 aromatic carbocycles. The summed E-state index contributed by atoms with van der Waals surface area (Å²) in [6.45, 7) is 2.24. The Labute approximate surface area is 65.6 Å². The van der Waals surface area contributed by atoms with Gasteiger partial charge in [-0.25, -0.2) is 0 Å². The molecule has 1 aromatic heterocycles. The van der Waals surface area contributed by atoms with Crippen LogP contribution in [0.4, 0.5) is 0 Å². The zero-order chi connectivity index (χ0) is 7.94. The highest BCUT2D eigenvalue weighted by atomic mass is 15.4. The summed E-state index contributed by atoms with van der Waals surface area (Å²) >= 11 is 0. The highest BCUT2D eigenvalue weighted by molar-refractivity contribution is 4.86. The third-order valence-corrected chi connectivity index (χ3v) is 1.22. The van der Waals surface area contributed by atoms with E-state index in [1.807, 2.05) is 6.20 Å². The number of nitrogens with zero attached hydrogens (tertiary/aromatic N) is 3. The molecule has 4 heteroatoms. The van der Waals surface area contributed by atoms with Crippen molar-refractivity contribution in [1.29, 1.82) is 0 Å². The monoisotopic (exact) mass is 150 g/mol. The van der Waals surface area contributed by atoms with Gasteiger partial charge < -0.3 is 5.32 Å². The third-order valence-electron chi connectivity index (χ3n) is 1.22. The van der Waals surface area contributed by atoms with Crippen molar-refractivity contribution in [2.75, 3.05) is 13.1 Å². The Morgan fingerprint density at radius 3 is 3.18 bits per heavy atom. The van der Waals surface area contributed by atoms with Gasteiger partial charge in [0.1, 0.15) is 0 Å². The average Bonchev–Trinajstić information content (AvgIpc) is 2.50. The molecule has 1 heterocycles. The minimum atomic E-state index is 0.606. The molecular weight excluding hydrogens is 140 g/mol. The van der Waals surface area contributed by atoms with E-state index in [1.54, 1.807) is 10.9 Å². The Hall–Kier alpha value is -1.34. The first-order chi connectivity index (χ1) is 5.43. The van der Waals surface area contributed by atoms with Gasteiger partial charge in [0.15, 0.2) is 0 Å². The fourth-order valence-electron chi connectivity index (χ4n) is 0.706. The molecule has 11 heavy (non-hydrogen) atoms. The number of rotatable bonds is 4. The topological polar surface area (TPSA) is 42.7 Å². The molecule has 0 amide bonds. The van der Waals surface area contributed by atoms with Crippen molar-refractivity contribution in [2.24, 2.45) is 0 Å². The molecule has 58 valence electrons. The average molecular weight is 150 g/mol. The molecule has 0 aliphatic rings. The molecule has 0 aliphatic carbocycles. The third kappa shape index (κ3) is 2.83. The van der Waals surface area contributed by atoms with E-state index < -0.39 is 0 Å². The molecule has 1 aromatic rings. The first-order valence-electron chi connectivity index (χ1n) is 3.42. The van der Waals surface area contributed by atoms with Gasteiger partial charge in [-0.05, 0) is 0 Å². The van der Waals surface area contributed by atoms with Crippen LogP contribution in [0.1, 0.15) is 0 Å². The van der Waals surface area contributed by atoms with Crippen LogP contribution in [-0.2, 0) is 6.54 Å². The van der Waals surface area contributed by atoms with E-state index in [0.29, 0.717) is 6.54 Å². The summed E-state index contributed by atoms with van der Waals surface area (Å²) in [7, 11) is 0. The van der Waals surface area contributed by atoms with Crippen LogP contribution in [0.2, 0.25) is 0 Å². The second kappa shape index (κ2) is 4.47. The second-order valence-electron chi connectivity index (χ2n) is 2.05. The zero-order valence-electron chi connectivity index (χ0n) is 6.20. The molecule has 1 N–H and O–H groups in total. The molecule has 4 nitrogen and oxygen atoms in total. The summed E-state index contributed by atoms with van der Waals surface area (Å²) in [4.78, 5) is 0. The Bertz CT molecular complexity index is 221. The van der Waals surface area contributed by atoms with Gasteiger partial charge in [-0.15, -0.1) is 11.5 Å². The highest BCUT2D eigenvalue weighted by Crippen LogP contribution is 1.77. The lowest BCUT2D eigenvalue weighted by Gasteiger charge is -1.98. The Morgan fingerprint density at radius 2 is 2.55 bits per heavy atom. The van der Waals surface area contributed by atoms with Crippen LogP contribution in [-0.4, -0.2) is 28.1 Å². The van der Waals surface area contributed by atoms with Crippen LogP contribution in [0.25, 0.3) is 0 Å².